The standard InChI is InChI=1S/C12H15N3O6S/c1-12(7-22(20,21)6-10(12)16)14-13-11(17)8-3-2-4-9(5-8)15(18)19/h2-5,10,14,16H,6-7H2,1H3,(H,13,17)/t10-,12-/m0/s1. The first kappa shape index (κ1) is 16.3. The average molecular weight is 329 g/mol. The molecule has 0 spiro atoms. The molecule has 0 aromatic heterocycles. The van der Waals surface area contributed by atoms with E-state index in [1.54, 1.807) is 0 Å². The van der Waals surface area contributed by atoms with Crippen molar-refractivity contribution >= 4 is 21.4 Å². The summed E-state index contributed by atoms with van der Waals surface area (Å²) >= 11 is 0. The maximum absolute atomic E-state index is 12.0. The number of sulfone groups is 1. The summed E-state index contributed by atoms with van der Waals surface area (Å²) in [6, 6.07) is 5.10. The molecule has 10 heteroatoms. The molecule has 0 saturated carbocycles. The van der Waals surface area contributed by atoms with E-state index in [0.717, 1.165) is 6.07 Å². The number of nitro benzene ring substituents is 1. The summed E-state index contributed by atoms with van der Waals surface area (Å²) in [6.45, 7) is 1.47. The van der Waals surface area contributed by atoms with E-state index in [9.17, 15) is 28.4 Å². The first-order valence-corrected chi connectivity index (χ1v) is 8.15. The van der Waals surface area contributed by atoms with Crippen molar-refractivity contribution in [3.8, 4) is 0 Å². The van der Waals surface area contributed by atoms with E-state index in [1.807, 2.05) is 0 Å². The van der Waals surface area contributed by atoms with Gasteiger partial charge in [0, 0.05) is 17.7 Å². The summed E-state index contributed by atoms with van der Waals surface area (Å²) in [4.78, 5) is 22.0. The maximum atomic E-state index is 12.0. The number of nitrogens with zero attached hydrogens (tertiary/aromatic N) is 1. The van der Waals surface area contributed by atoms with Gasteiger partial charge in [-0.1, -0.05) is 6.07 Å². The monoisotopic (exact) mass is 329 g/mol. The number of aliphatic hydroxyl groups excluding tert-OH is 1. The summed E-state index contributed by atoms with van der Waals surface area (Å²) in [7, 11) is -3.39. The number of nitro groups is 1. The Morgan fingerprint density at radius 3 is 2.73 bits per heavy atom. The number of amides is 1. The van der Waals surface area contributed by atoms with Crippen molar-refractivity contribution in [3.63, 3.8) is 0 Å². The lowest BCUT2D eigenvalue weighted by molar-refractivity contribution is -0.384. The van der Waals surface area contributed by atoms with Gasteiger partial charge in [-0.2, -0.15) is 0 Å². The molecule has 1 heterocycles. The van der Waals surface area contributed by atoms with Crippen molar-refractivity contribution in [2.75, 3.05) is 11.5 Å². The second kappa shape index (κ2) is 5.63. The fourth-order valence-corrected chi connectivity index (χ4v) is 4.33. The van der Waals surface area contributed by atoms with Crippen LogP contribution in [0.1, 0.15) is 17.3 Å². The van der Waals surface area contributed by atoms with E-state index in [-0.39, 0.29) is 22.8 Å². The van der Waals surface area contributed by atoms with Gasteiger partial charge in [0.15, 0.2) is 9.84 Å². The molecule has 2 rings (SSSR count). The minimum Gasteiger partial charge on any atom is -0.390 e. The van der Waals surface area contributed by atoms with Crippen molar-refractivity contribution in [1.29, 1.82) is 0 Å². The lowest BCUT2D eigenvalue weighted by Crippen LogP contribution is -2.58. The number of rotatable bonds is 4. The molecular formula is C12H15N3O6S. The Balaban J connectivity index is 2.07. The number of hydrazine groups is 1. The summed E-state index contributed by atoms with van der Waals surface area (Å²) in [5.74, 6) is -1.37. The highest BCUT2D eigenvalue weighted by molar-refractivity contribution is 7.91. The van der Waals surface area contributed by atoms with Gasteiger partial charge < -0.3 is 5.11 Å². The minimum atomic E-state index is -3.39. The summed E-state index contributed by atoms with van der Waals surface area (Å²) in [5, 5.41) is 20.5. The Hall–Kier alpha value is -2.04. The molecule has 3 N–H and O–H groups in total. The minimum absolute atomic E-state index is 0.0423. The predicted molar refractivity (Wildman–Crippen MR) is 76.8 cm³/mol. The molecule has 1 aliphatic heterocycles. The Morgan fingerprint density at radius 1 is 1.50 bits per heavy atom. The predicted octanol–water partition coefficient (Wildman–Crippen LogP) is -0.623. The highest BCUT2D eigenvalue weighted by atomic mass is 32.2. The van der Waals surface area contributed by atoms with Crippen LogP contribution in [-0.4, -0.2) is 47.5 Å². The molecule has 0 aliphatic carbocycles. The molecule has 0 radical (unpaired) electrons. The van der Waals surface area contributed by atoms with Gasteiger partial charge in [0.1, 0.15) is 0 Å². The smallest absolute Gasteiger partial charge is 0.270 e. The van der Waals surface area contributed by atoms with Gasteiger partial charge in [-0.05, 0) is 13.0 Å². The number of carbonyl (C=O) groups excluding carboxylic acids is 1. The maximum Gasteiger partial charge on any atom is 0.270 e. The Labute approximate surface area is 126 Å². The number of hydrogen-bond acceptors (Lipinski definition) is 7. The van der Waals surface area contributed by atoms with Gasteiger partial charge in [-0.15, -0.1) is 0 Å². The lowest BCUT2D eigenvalue weighted by Gasteiger charge is -2.27. The normalized spacial score (nSPS) is 26.5. The number of nitrogens with one attached hydrogen (secondary N) is 2. The van der Waals surface area contributed by atoms with Crippen LogP contribution in [0, 0.1) is 10.1 Å². The quantitative estimate of drug-likeness (QED) is 0.494. The van der Waals surface area contributed by atoms with Crippen LogP contribution in [0.5, 0.6) is 0 Å². The highest BCUT2D eigenvalue weighted by Gasteiger charge is 2.46. The van der Waals surface area contributed by atoms with Crippen LogP contribution in [-0.2, 0) is 9.84 Å². The zero-order valence-corrected chi connectivity index (χ0v) is 12.5. The molecule has 1 aromatic carbocycles. The van der Waals surface area contributed by atoms with Crippen molar-refractivity contribution in [2.45, 2.75) is 18.6 Å². The fourth-order valence-electron chi connectivity index (χ4n) is 2.19. The molecule has 9 nitrogen and oxygen atoms in total. The lowest BCUT2D eigenvalue weighted by atomic mass is 10.0. The molecule has 0 bridgehead atoms. The molecule has 1 aromatic rings. The van der Waals surface area contributed by atoms with Gasteiger partial charge in [0.2, 0.25) is 0 Å². The zero-order chi connectivity index (χ0) is 16.5. The summed E-state index contributed by atoms with van der Waals surface area (Å²) in [6.07, 6.45) is -1.16. The van der Waals surface area contributed by atoms with Crippen LogP contribution in [0.15, 0.2) is 24.3 Å². The number of non-ortho nitro benzene ring substituents is 1. The third kappa shape index (κ3) is 3.40. The molecule has 0 unspecified atom stereocenters. The number of aliphatic hydroxyl groups is 1. The fraction of sp³-hybridized carbons (Fsp3) is 0.417. The van der Waals surface area contributed by atoms with Crippen LogP contribution < -0.4 is 10.9 Å². The van der Waals surface area contributed by atoms with E-state index in [4.69, 9.17) is 0 Å². The topological polar surface area (TPSA) is 139 Å². The average Bonchev–Trinajstić information content (AvgIpc) is 2.64. The van der Waals surface area contributed by atoms with E-state index in [0.29, 0.717) is 0 Å². The second-order valence-electron chi connectivity index (χ2n) is 5.37. The molecule has 22 heavy (non-hydrogen) atoms. The SMILES string of the molecule is C[C@]1(NNC(=O)c2cccc([N+](=O)[O-])c2)CS(=O)(=O)C[C@@H]1O. The third-order valence-corrected chi connectivity index (χ3v) is 5.31. The largest absolute Gasteiger partial charge is 0.390 e. The molecule has 1 saturated heterocycles. The molecule has 1 amide bonds. The van der Waals surface area contributed by atoms with Crippen LogP contribution in [0.25, 0.3) is 0 Å². The van der Waals surface area contributed by atoms with E-state index in [1.165, 1.54) is 25.1 Å². The Morgan fingerprint density at radius 2 is 2.18 bits per heavy atom. The summed E-state index contributed by atoms with van der Waals surface area (Å²) in [5.41, 5.74) is 3.39. The van der Waals surface area contributed by atoms with Gasteiger partial charge >= 0.3 is 0 Å². The first-order chi connectivity index (χ1) is 10.1. The van der Waals surface area contributed by atoms with Crippen molar-refractivity contribution in [3.05, 3.63) is 39.9 Å². The molecule has 1 fully saturated rings. The van der Waals surface area contributed by atoms with Crippen molar-refractivity contribution in [1.82, 2.24) is 10.9 Å². The third-order valence-electron chi connectivity index (χ3n) is 3.45. The summed E-state index contributed by atoms with van der Waals surface area (Å²) < 4.78 is 23.0. The molecular weight excluding hydrogens is 314 g/mol. The van der Waals surface area contributed by atoms with E-state index in [2.05, 4.69) is 10.9 Å². The first-order valence-electron chi connectivity index (χ1n) is 6.33. The molecule has 120 valence electrons. The molecule has 1 aliphatic rings. The van der Waals surface area contributed by atoms with E-state index < -0.39 is 32.3 Å². The number of carbonyl (C=O) groups is 1. The molecule has 2 atom stereocenters. The van der Waals surface area contributed by atoms with Crippen molar-refractivity contribution in [2.24, 2.45) is 0 Å². The van der Waals surface area contributed by atoms with Crippen LogP contribution in [0.4, 0.5) is 5.69 Å². The second-order valence-corrected chi connectivity index (χ2v) is 7.48. The van der Waals surface area contributed by atoms with Crippen molar-refractivity contribution < 1.29 is 23.2 Å². The number of hydrogen-bond donors (Lipinski definition) is 3. The Kier molecular flexibility index (Phi) is 4.18. The van der Waals surface area contributed by atoms with Crippen LogP contribution in [0.2, 0.25) is 0 Å². The van der Waals surface area contributed by atoms with Crippen LogP contribution >= 0.6 is 0 Å². The van der Waals surface area contributed by atoms with Crippen LogP contribution in [0.3, 0.4) is 0 Å². The van der Waals surface area contributed by atoms with Gasteiger partial charge in [-0.25, -0.2) is 13.8 Å². The highest BCUT2D eigenvalue weighted by Crippen LogP contribution is 2.23. The van der Waals surface area contributed by atoms with Gasteiger partial charge in [0.25, 0.3) is 11.6 Å². The number of benzene rings is 1. The zero-order valence-electron chi connectivity index (χ0n) is 11.6. The Bertz CT molecular complexity index is 719. The van der Waals surface area contributed by atoms with E-state index >= 15 is 0 Å². The van der Waals surface area contributed by atoms with Gasteiger partial charge in [-0.3, -0.25) is 20.3 Å². The van der Waals surface area contributed by atoms with Gasteiger partial charge in [0.05, 0.1) is 28.1 Å².